The number of nitrogens with one attached hydrogen (secondary N) is 1. The Kier molecular flexibility index (Phi) is 3.18. The molecule has 0 aromatic carbocycles. The zero-order chi connectivity index (χ0) is 11.8. The van der Waals surface area contributed by atoms with Crippen molar-refractivity contribution in [3.63, 3.8) is 0 Å². The van der Waals surface area contributed by atoms with Crippen molar-refractivity contribution in [2.45, 2.75) is 62.9 Å². The van der Waals surface area contributed by atoms with Crippen molar-refractivity contribution in [3.05, 3.63) is 0 Å². The van der Waals surface area contributed by atoms with Gasteiger partial charge in [-0.05, 0) is 32.1 Å². The molecule has 0 aromatic rings. The van der Waals surface area contributed by atoms with Gasteiger partial charge in [0, 0.05) is 12.6 Å². The minimum absolute atomic E-state index is 0.0391. The molecule has 0 bridgehead atoms. The van der Waals surface area contributed by atoms with Crippen LogP contribution in [-0.2, 0) is 4.74 Å². The summed E-state index contributed by atoms with van der Waals surface area (Å²) in [6.07, 6.45) is -1.27. The third-order valence-electron chi connectivity index (χ3n) is 3.60. The number of alkyl halides is 3. The fourth-order valence-electron chi connectivity index (χ4n) is 2.32. The normalized spacial score (nSPS) is 33.8. The first-order chi connectivity index (χ1) is 7.47. The van der Waals surface area contributed by atoms with Crippen LogP contribution in [-0.4, -0.2) is 30.5 Å². The molecule has 94 valence electrons. The molecule has 2 atom stereocenters. The first-order valence-electron chi connectivity index (χ1n) is 5.93. The fourth-order valence-corrected chi connectivity index (χ4v) is 2.32. The second kappa shape index (κ2) is 4.18. The first kappa shape index (κ1) is 12.2. The topological polar surface area (TPSA) is 21.3 Å². The monoisotopic (exact) mass is 237 g/mol. The predicted molar refractivity (Wildman–Crippen MR) is 54.2 cm³/mol. The van der Waals surface area contributed by atoms with E-state index in [0.717, 1.165) is 6.42 Å². The van der Waals surface area contributed by atoms with E-state index in [1.54, 1.807) is 0 Å². The Hall–Kier alpha value is -0.290. The van der Waals surface area contributed by atoms with E-state index in [-0.39, 0.29) is 25.0 Å². The van der Waals surface area contributed by atoms with E-state index in [4.69, 9.17) is 4.74 Å². The number of hydrogen-bond donors (Lipinski definition) is 1. The van der Waals surface area contributed by atoms with Crippen molar-refractivity contribution in [1.82, 2.24) is 5.32 Å². The van der Waals surface area contributed by atoms with E-state index in [1.165, 1.54) is 0 Å². The second-order valence-electron chi connectivity index (χ2n) is 4.85. The molecular formula is C11H18F3NO. The van der Waals surface area contributed by atoms with E-state index in [0.29, 0.717) is 19.4 Å². The molecule has 1 heterocycles. The van der Waals surface area contributed by atoms with Gasteiger partial charge in [0.1, 0.15) is 5.54 Å². The second-order valence-corrected chi connectivity index (χ2v) is 4.85. The highest BCUT2D eigenvalue weighted by atomic mass is 19.4. The Morgan fingerprint density at radius 1 is 1.38 bits per heavy atom. The van der Waals surface area contributed by atoms with Gasteiger partial charge >= 0.3 is 6.18 Å². The van der Waals surface area contributed by atoms with Crippen molar-refractivity contribution in [2.75, 3.05) is 6.61 Å². The van der Waals surface area contributed by atoms with Crippen LogP contribution in [0.1, 0.15) is 39.0 Å². The Bertz CT molecular complexity index is 250. The van der Waals surface area contributed by atoms with Gasteiger partial charge in [-0.1, -0.05) is 6.92 Å². The lowest BCUT2D eigenvalue weighted by molar-refractivity contribution is -0.170. The van der Waals surface area contributed by atoms with Gasteiger partial charge in [-0.25, -0.2) is 0 Å². The SMILES string of the molecule is CCC1CC(NC2(C(F)(F)F)CC2)CCO1. The Morgan fingerprint density at radius 3 is 2.56 bits per heavy atom. The molecule has 1 saturated heterocycles. The van der Waals surface area contributed by atoms with E-state index in [9.17, 15) is 13.2 Å². The highest BCUT2D eigenvalue weighted by Gasteiger charge is 2.63. The Morgan fingerprint density at radius 2 is 2.06 bits per heavy atom. The van der Waals surface area contributed by atoms with Gasteiger partial charge in [-0.15, -0.1) is 0 Å². The van der Waals surface area contributed by atoms with Crippen molar-refractivity contribution in [2.24, 2.45) is 0 Å². The van der Waals surface area contributed by atoms with E-state index >= 15 is 0 Å². The molecule has 16 heavy (non-hydrogen) atoms. The van der Waals surface area contributed by atoms with E-state index in [1.807, 2.05) is 6.92 Å². The largest absolute Gasteiger partial charge is 0.406 e. The minimum atomic E-state index is -4.10. The molecule has 2 aliphatic rings. The average molecular weight is 237 g/mol. The molecule has 2 fully saturated rings. The number of hydrogen-bond acceptors (Lipinski definition) is 2. The molecule has 5 heteroatoms. The van der Waals surface area contributed by atoms with Gasteiger partial charge in [-0.2, -0.15) is 13.2 Å². The summed E-state index contributed by atoms with van der Waals surface area (Å²) in [6, 6.07) is -0.0391. The van der Waals surface area contributed by atoms with Crippen LogP contribution in [0.2, 0.25) is 0 Å². The molecular weight excluding hydrogens is 219 g/mol. The van der Waals surface area contributed by atoms with Gasteiger partial charge in [0.2, 0.25) is 0 Å². The van der Waals surface area contributed by atoms with Crippen molar-refractivity contribution in [3.8, 4) is 0 Å². The van der Waals surface area contributed by atoms with Crippen LogP contribution in [0.15, 0.2) is 0 Å². The molecule has 0 radical (unpaired) electrons. The molecule has 2 rings (SSSR count). The molecule has 1 saturated carbocycles. The molecule has 2 nitrogen and oxygen atoms in total. The van der Waals surface area contributed by atoms with Gasteiger partial charge in [0.15, 0.2) is 0 Å². The van der Waals surface area contributed by atoms with Crippen LogP contribution in [0.3, 0.4) is 0 Å². The highest BCUT2D eigenvalue weighted by Crippen LogP contribution is 2.49. The maximum Gasteiger partial charge on any atom is 0.406 e. The fraction of sp³-hybridized carbons (Fsp3) is 1.00. The van der Waals surface area contributed by atoms with Crippen LogP contribution < -0.4 is 5.32 Å². The average Bonchev–Trinajstić information content (AvgIpc) is 2.98. The first-order valence-corrected chi connectivity index (χ1v) is 5.93. The summed E-state index contributed by atoms with van der Waals surface area (Å²) in [5.41, 5.74) is -1.58. The minimum Gasteiger partial charge on any atom is -0.378 e. The maximum atomic E-state index is 12.7. The van der Waals surface area contributed by atoms with Crippen molar-refractivity contribution < 1.29 is 17.9 Å². The van der Waals surface area contributed by atoms with Gasteiger partial charge in [-0.3, -0.25) is 0 Å². The molecule has 1 aliphatic heterocycles. The lowest BCUT2D eigenvalue weighted by Gasteiger charge is -2.33. The summed E-state index contributed by atoms with van der Waals surface area (Å²) >= 11 is 0. The van der Waals surface area contributed by atoms with Crippen LogP contribution >= 0.6 is 0 Å². The summed E-state index contributed by atoms with van der Waals surface area (Å²) in [5.74, 6) is 0. The van der Waals surface area contributed by atoms with Crippen molar-refractivity contribution in [1.29, 1.82) is 0 Å². The van der Waals surface area contributed by atoms with E-state index < -0.39 is 11.7 Å². The highest BCUT2D eigenvalue weighted by molar-refractivity contribution is 5.09. The third kappa shape index (κ3) is 2.35. The smallest absolute Gasteiger partial charge is 0.378 e. The summed E-state index contributed by atoms with van der Waals surface area (Å²) in [6.45, 7) is 2.58. The molecule has 0 amide bonds. The Labute approximate surface area is 93.5 Å². The lowest BCUT2D eigenvalue weighted by Crippen LogP contribution is -2.52. The quantitative estimate of drug-likeness (QED) is 0.814. The summed E-state index contributed by atoms with van der Waals surface area (Å²) in [4.78, 5) is 0. The van der Waals surface area contributed by atoms with Crippen LogP contribution in [0.4, 0.5) is 13.2 Å². The standard InChI is InChI=1S/C11H18F3NO/c1-2-9-7-8(3-6-16-9)15-10(4-5-10)11(12,13)14/h8-9,15H,2-7H2,1H3. The summed E-state index contributed by atoms with van der Waals surface area (Å²) < 4.78 is 43.7. The lowest BCUT2D eigenvalue weighted by atomic mass is 10.00. The van der Waals surface area contributed by atoms with E-state index in [2.05, 4.69) is 5.32 Å². The molecule has 2 unspecified atom stereocenters. The molecule has 1 N–H and O–H groups in total. The number of ether oxygens (including phenoxy) is 1. The van der Waals surface area contributed by atoms with Gasteiger partial charge < -0.3 is 10.1 Å². The molecule has 0 spiro atoms. The number of halogens is 3. The summed E-state index contributed by atoms with van der Waals surface area (Å²) in [5, 5.41) is 2.81. The van der Waals surface area contributed by atoms with Crippen LogP contribution in [0, 0.1) is 0 Å². The maximum absolute atomic E-state index is 12.7. The zero-order valence-electron chi connectivity index (χ0n) is 9.44. The van der Waals surface area contributed by atoms with Crippen LogP contribution in [0.5, 0.6) is 0 Å². The van der Waals surface area contributed by atoms with Crippen molar-refractivity contribution >= 4 is 0 Å². The third-order valence-corrected chi connectivity index (χ3v) is 3.60. The Balaban J connectivity index is 1.90. The summed E-state index contributed by atoms with van der Waals surface area (Å²) in [7, 11) is 0. The molecule has 1 aliphatic carbocycles. The molecule has 0 aromatic heterocycles. The number of rotatable bonds is 3. The van der Waals surface area contributed by atoms with Gasteiger partial charge in [0.25, 0.3) is 0 Å². The van der Waals surface area contributed by atoms with Crippen LogP contribution in [0.25, 0.3) is 0 Å². The van der Waals surface area contributed by atoms with Gasteiger partial charge in [0.05, 0.1) is 6.10 Å². The zero-order valence-corrected chi connectivity index (χ0v) is 9.44. The predicted octanol–water partition coefficient (Wildman–Crippen LogP) is 2.63.